The highest BCUT2D eigenvalue weighted by atomic mass is 79.9. The van der Waals surface area contributed by atoms with Crippen LogP contribution in [-0.4, -0.2) is 9.13 Å². The molecule has 0 bridgehead atoms. The number of hydrogen-bond acceptors (Lipinski definition) is 4. The number of halogens is 1. The maximum atomic E-state index is 11.9. The monoisotopic (exact) mass is 343 g/mol. The summed E-state index contributed by atoms with van der Waals surface area (Å²) in [6.45, 7) is 1.12. The third-order valence-corrected chi connectivity index (χ3v) is 4.74. The van der Waals surface area contributed by atoms with Crippen LogP contribution in [0.5, 0.6) is 0 Å². The summed E-state index contributed by atoms with van der Waals surface area (Å²) in [6.07, 6.45) is 1.58. The van der Waals surface area contributed by atoms with Crippen LogP contribution in [0.4, 0.5) is 0 Å². The molecular formula is C12H14BrN3O2S. The van der Waals surface area contributed by atoms with Crippen molar-refractivity contribution in [3.05, 3.63) is 53.4 Å². The van der Waals surface area contributed by atoms with E-state index in [2.05, 4.69) is 21.2 Å². The van der Waals surface area contributed by atoms with Crippen molar-refractivity contribution in [1.82, 2.24) is 14.5 Å². The van der Waals surface area contributed by atoms with Crippen LogP contribution in [-0.2, 0) is 27.2 Å². The lowest BCUT2D eigenvalue weighted by Crippen LogP contribution is -2.39. The van der Waals surface area contributed by atoms with Gasteiger partial charge in [-0.3, -0.25) is 9.36 Å². The number of hydrogen-bond donors (Lipinski definition) is 1. The number of aromatic nitrogens is 2. The molecule has 0 aromatic carbocycles. The largest absolute Gasteiger partial charge is 0.330 e. The summed E-state index contributed by atoms with van der Waals surface area (Å²) in [6, 6.07) is 1.99. The molecule has 5 nitrogen and oxygen atoms in total. The molecule has 102 valence electrons. The van der Waals surface area contributed by atoms with E-state index in [0.29, 0.717) is 18.7 Å². The van der Waals surface area contributed by atoms with Crippen molar-refractivity contribution in [2.24, 2.45) is 14.1 Å². The Bertz CT molecular complexity index is 702. The molecule has 2 aromatic heterocycles. The number of nitrogens with one attached hydrogen (secondary N) is 1. The van der Waals surface area contributed by atoms with Gasteiger partial charge in [-0.1, -0.05) is 0 Å². The molecule has 0 amide bonds. The number of rotatable bonds is 4. The van der Waals surface area contributed by atoms with Crippen LogP contribution in [0.3, 0.4) is 0 Å². The lowest BCUT2D eigenvalue weighted by atomic mass is 10.3. The maximum Gasteiger partial charge on any atom is 0.330 e. The summed E-state index contributed by atoms with van der Waals surface area (Å²) in [7, 11) is 3.13. The minimum Gasteiger partial charge on any atom is -0.307 e. The van der Waals surface area contributed by atoms with Crippen LogP contribution >= 0.6 is 27.3 Å². The predicted octanol–water partition coefficient (Wildman–Crippen LogP) is 1.20. The third kappa shape index (κ3) is 3.05. The van der Waals surface area contributed by atoms with Gasteiger partial charge in [-0.25, -0.2) is 4.79 Å². The molecule has 0 aliphatic rings. The second-order valence-corrected chi connectivity index (χ2v) is 6.06. The first kappa shape index (κ1) is 14.2. The van der Waals surface area contributed by atoms with Crippen LogP contribution in [0.15, 0.2) is 31.7 Å². The quantitative estimate of drug-likeness (QED) is 0.907. The molecule has 0 fully saturated rings. The summed E-state index contributed by atoms with van der Waals surface area (Å²) in [5.41, 5.74) is 0.0212. The molecule has 1 N–H and O–H groups in total. The Morgan fingerprint density at radius 2 is 2.05 bits per heavy atom. The van der Waals surface area contributed by atoms with Crippen LogP contribution in [0, 0.1) is 0 Å². The van der Waals surface area contributed by atoms with E-state index in [9.17, 15) is 9.59 Å². The lowest BCUT2D eigenvalue weighted by molar-refractivity contribution is 0.632. The van der Waals surface area contributed by atoms with E-state index in [1.165, 1.54) is 16.5 Å². The van der Waals surface area contributed by atoms with Gasteiger partial charge in [0, 0.05) is 48.3 Å². The van der Waals surface area contributed by atoms with Crippen molar-refractivity contribution in [3.63, 3.8) is 0 Å². The minimum absolute atomic E-state index is 0.249. The van der Waals surface area contributed by atoms with E-state index in [0.717, 1.165) is 9.04 Å². The van der Waals surface area contributed by atoms with Crippen molar-refractivity contribution in [2.45, 2.75) is 13.1 Å². The van der Waals surface area contributed by atoms with Crippen molar-refractivity contribution in [1.29, 1.82) is 0 Å². The Morgan fingerprint density at radius 3 is 2.68 bits per heavy atom. The highest BCUT2D eigenvalue weighted by molar-refractivity contribution is 9.10. The van der Waals surface area contributed by atoms with Gasteiger partial charge in [0.1, 0.15) is 0 Å². The fourth-order valence-corrected chi connectivity index (χ4v) is 3.23. The van der Waals surface area contributed by atoms with Gasteiger partial charge < -0.3 is 9.88 Å². The smallest absolute Gasteiger partial charge is 0.307 e. The zero-order valence-corrected chi connectivity index (χ0v) is 13.0. The van der Waals surface area contributed by atoms with Gasteiger partial charge in [0.25, 0.3) is 5.56 Å². The van der Waals surface area contributed by atoms with Crippen LogP contribution in [0.2, 0.25) is 0 Å². The van der Waals surface area contributed by atoms with Gasteiger partial charge in [0.05, 0.1) is 0 Å². The van der Waals surface area contributed by atoms with Gasteiger partial charge in [-0.15, -0.1) is 11.3 Å². The number of thiophene rings is 1. The van der Waals surface area contributed by atoms with E-state index < -0.39 is 0 Å². The summed E-state index contributed by atoms with van der Waals surface area (Å²) in [5.74, 6) is 0. The average Bonchev–Trinajstić information content (AvgIpc) is 2.79. The Balaban J connectivity index is 2.11. The van der Waals surface area contributed by atoms with E-state index in [-0.39, 0.29) is 11.2 Å². The Labute approximate surface area is 122 Å². The topological polar surface area (TPSA) is 56.0 Å². The second-order valence-electron chi connectivity index (χ2n) is 4.21. The molecule has 2 rings (SSSR count). The average molecular weight is 344 g/mol. The first-order valence-electron chi connectivity index (χ1n) is 5.69. The fraction of sp³-hybridized carbons (Fsp3) is 0.333. The van der Waals surface area contributed by atoms with Crippen molar-refractivity contribution in [3.8, 4) is 0 Å². The van der Waals surface area contributed by atoms with Crippen molar-refractivity contribution in [2.75, 3.05) is 0 Å². The van der Waals surface area contributed by atoms with E-state index in [4.69, 9.17) is 0 Å². The Hall–Kier alpha value is -1.18. The molecule has 0 radical (unpaired) electrons. The lowest BCUT2D eigenvalue weighted by Gasteiger charge is -2.07. The summed E-state index contributed by atoms with van der Waals surface area (Å²) in [4.78, 5) is 24.6. The molecule has 19 heavy (non-hydrogen) atoms. The SMILES string of the molecule is Cn1cc(CNCc2sccc2Br)c(=O)n(C)c1=O. The van der Waals surface area contributed by atoms with Gasteiger partial charge in [-0.2, -0.15) is 0 Å². The van der Waals surface area contributed by atoms with Crippen LogP contribution in [0.25, 0.3) is 0 Å². The molecule has 0 saturated heterocycles. The molecule has 2 heterocycles. The summed E-state index contributed by atoms with van der Waals surface area (Å²) in [5, 5.41) is 5.22. The van der Waals surface area contributed by atoms with Gasteiger partial charge >= 0.3 is 5.69 Å². The zero-order valence-electron chi connectivity index (χ0n) is 10.6. The van der Waals surface area contributed by atoms with E-state index >= 15 is 0 Å². The summed E-state index contributed by atoms with van der Waals surface area (Å²) >= 11 is 5.11. The van der Waals surface area contributed by atoms with Crippen LogP contribution < -0.4 is 16.6 Å². The second kappa shape index (κ2) is 5.85. The molecule has 0 unspecified atom stereocenters. The third-order valence-electron chi connectivity index (χ3n) is 2.81. The van der Waals surface area contributed by atoms with Crippen molar-refractivity contribution < 1.29 is 0 Å². The fourth-order valence-electron chi connectivity index (χ4n) is 1.77. The maximum absolute atomic E-state index is 11.9. The van der Waals surface area contributed by atoms with Gasteiger partial charge in [-0.05, 0) is 27.4 Å². The molecule has 2 aromatic rings. The normalized spacial score (nSPS) is 10.9. The number of aryl methyl sites for hydroxylation is 1. The Morgan fingerprint density at radius 1 is 1.32 bits per heavy atom. The summed E-state index contributed by atoms with van der Waals surface area (Å²) < 4.78 is 3.61. The molecule has 0 atom stereocenters. The van der Waals surface area contributed by atoms with Gasteiger partial charge in [0.15, 0.2) is 0 Å². The standard InChI is InChI=1S/C12H14BrN3O2S/c1-15-7-8(11(17)16(2)12(15)18)5-14-6-10-9(13)3-4-19-10/h3-4,7,14H,5-6H2,1-2H3. The van der Waals surface area contributed by atoms with Crippen molar-refractivity contribution >= 4 is 27.3 Å². The highest BCUT2D eigenvalue weighted by Crippen LogP contribution is 2.22. The minimum atomic E-state index is -0.310. The molecule has 7 heteroatoms. The Kier molecular flexibility index (Phi) is 4.38. The molecular weight excluding hydrogens is 330 g/mol. The molecule has 0 saturated carbocycles. The first-order chi connectivity index (χ1) is 9.00. The van der Waals surface area contributed by atoms with E-state index in [1.54, 1.807) is 24.6 Å². The van der Waals surface area contributed by atoms with Gasteiger partial charge in [0.2, 0.25) is 0 Å². The number of nitrogens with zero attached hydrogens (tertiary/aromatic N) is 2. The molecule has 0 aliphatic carbocycles. The molecule has 0 aliphatic heterocycles. The first-order valence-corrected chi connectivity index (χ1v) is 7.36. The zero-order chi connectivity index (χ0) is 14.0. The highest BCUT2D eigenvalue weighted by Gasteiger charge is 2.07. The predicted molar refractivity (Wildman–Crippen MR) is 79.5 cm³/mol. The van der Waals surface area contributed by atoms with Crippen LogP contribution in [0.1, 0.15) is 10.4 Å². The molecule has 0 spiro atoms. The van der Waals surface area contributed by atoms with E-state index in [1.807, 2.05) is 11.4 Å².